The van der Waals surface area contributed by atoms with Crippen molar-refractivity contribution in [3.05, 3.63) is 35.9 Å². The van der Waals surface area contributed by atoms with Gasteiger partial charge in [-0.15, -0.1) is 0 Å². The highest BCUT2D eigenvalue weighted by molar-refractivity contribution is 5.77. The number of benzene rings is 1. The molecule has 2 nitrogen and oxygen atoms in total. The zero-order valence-electron chi connectivity index (χ0n) is 10.5. The molecule has 1 saturated carbocycles. The first-order chi connectivity index (χ1) is 8.27. The van der Waals surface area contributed by atoms with Crippen LogP contribution < -0.4 is 5.32 Å². The first-order valence-corrected chi connectivity index (χ1v) is 6.63. The number of rotatable bonds is 4. The maximum atomic E-state index is 11.9. The molecule has 0 bridgehead atoms. The van der Waals surface area contributed by atoms with Crippen LogP contribution in [0.4, 0.5) is 0 Å². The van der Waals surface area contributed by atoms with E-state index in [2.05, 4.69) is 29.6 Å². The van der Waals surface area contributed by atoms with E-state index >= 15 is 0 Å². The van der Waals surface area contributed by atoms with Crippen molar-refractivity contribution < 1.29 is 4.79 Å². The van der Waals surface area contributed by atoms with Gasteiger partial charge in [-0.25, -0.2) is 0 Å². The maximum absolute atomic E-state index is 11.9. The fourth-order valence-electron chi connectivity index (χ4n) is 2.78. The van der Waals surface area contributed by atoms with Gasteiger partial charge < -0.3 is 5.32 Å². The quantitative estimate of drug-likeness (QED) is 0.845. The highest BCUT2D eigenvalue weighted by Crippen LogP contribution is 2.38. The molecular formula is C15H21NO. The zero-order chi connectivity index (χ0) is 12.1. The molecular weight excluding hydrogens is 210 g/mol. The summed E-state index contributed by atoms with van der Waals surface area (Å²) < 4.78 is 0. The Balaban J connectivity index is 2.18. The monoisotopic (exact) mass is 231 g/mol. The van der Waals surface area contributed by atoms with Gasteiger partial charge in [-0.05, 0) is 24.8 Å². The summed E-state index contributed by atoms with van der Waals surface area (Å²) in [5, 5.41) is 3.27. The van der Waals surface area contributed by atoms with E-state index < -0.39 is 0 Å². The number of carbonyl (C=O) groups is 1. The molecule has 0 spiro atoms. The van der Waals surface area contributed by atoms with Crippen LogP contribution in [0, 0.1) is 0 Å². The molecule has 0 aromatic heterocycles. The number of amides is 1. The van der Waals surface area contributed by atoms with E-state index in [0.717, 1.165) is 19.3 Å². The summed E-state index contributed by atoms with van der Waals surface area (Å²) in [7, 11) is 0. The smallest absolute Gasteiger partial charge is 0.220 e. The second-order valence-corrected chi connectivity index (χ2v) is 4.95. The lowest BCUT2D eigenvalue weighted by Crippen LogP contribution is -2.43. The third kappa shape index (κ3) is 2.68. The van der Waals surface area contributed by atoms with Crippen LogP contribution in [0.2, 0.25) is 0 Å². The van der Waals surface area contributed by atoms with E-state index in [1.807, 2.05) is 13.0 Å². The Morgan fingerprint density at radius 1 is 1.24 bits per heavy atom. The average Bonchev–Trinajstić information content (AvgIpc) is 2.80. The number of nitrogens with one attached hydrogen (secondary N) is 1. The Morgan fingerprint density at radius 2 is 1.88 bits per heavy atom. The predicted octanol–water partition coefficient (Wildman–Crippen LogP) is 3.37. The Labute approximate surface area is 103 Å². The SMILES string of the molecule is CCCC(=O)NC1(c2ccccc2)CCCC1. The van der Waals surface area contributed by atoms with Gasteiger partial charge in [-0.3, -0.25) is 4.79 Å². The lowest BCUT2D eigenvalue weighted by molar-refractivity contribution is -0.123. The van der Waals surface area contributed by atoms with Crippen molar-refractivity contribution in [1.29, 1.82) is 0 Å². The van der Waals surface area contributed by atoms with Gasteiger partial charge in [0.25, 0.3) is 0 Å². The van der Waals surface area contributed by atoms with Crippen LogP contribution >= 0.6 is 0 Å². The second-order valence-electron chi connectivity index (χ2n) is 4.95. The van der Waals surface area contributed by atoms with Gasteiger partial charge in [0.1, 0.15) is 0 Å². The van der Waals surface area contributed by atoms with Crippen LogP contribution in [-0.2, 0) is 10.3 Å². The minimum Gasteiger partial charge on any atom is -0.347 e. The van der Waals surface area contributed by atoms with Crippen LogP contribution in [0.3, 0.4) is 0 Å². The molecule has 1 aliphatic rings. The summed E-state index contributed by atoms with van der Waals surface area (Å²) in [6.45, 7) is 2.05. The van der Waals surface area contributed by atoms with Gasteiger partial charge in [0, 0.05) is 6.42 Å². The second kappa shape index (κ2) is 5.35. The van der Waals surface area contributed by atoms with Crippen molar-refractivity contribution in [2.24, 2.45) is 0 Å². The average molecular weight is 231 g/mol. The summed E-state index contributed by atoms with van der Waals surface area (Å²) in [6, 6.07) is 10.4. The standard InChI is InChI=1S/C15H21NO/c1-2-8-14(17)16-15(11-6-7-12-15)13-9-4-3-5-10-13/h3-5,9-10H,2,6-8,11-12H2,1H3,(H,16,17). The third-order valence-electron chi connectivity index (χ3n) is 3.64. The molecule has 0 aliphatic heterocycles. The maximum Gasteiger partial charge on any atom is 0.220 e. The lowest BCUT2D eigenvalue weighted by Gasteiger charge is -2.31. The molecule has 0 radical (unpaired) electrons. The Bertz CT molecular complexity index is 366. The number of carbonyl (C=O) groups excluding carboxylic acids is 1. The molecule has 1 aromatic rings. The first kappa shape index (κ1) is 12.2. The van der Waals surface area contributed by atoms with Crippen LogP contribution in [0.25, 0.3) is 0 Å². The van der Waals surface area contributed by atoms with Gasteiger partial charge >= 0.3 is 0 Å². The summed E-state index contributed by atoms with van der Waals surface area (Å²) in [6.07, 6.45) is 6.12. The van der Waals surface area contributed by atoms with E-state index in [0.29, 0.717) is 6.42 Å². The van der Waals surface area contributed by atoms with Gasteiger partial charge in [0.2, 0.25) is 5.91 Å². The summed E-state index contributed by atoms with van der Waals surface area (Å²) >= 11 is 0. The van der Waals surface area contributed by atoms with Crippen LogP contribution in [0.1, 0.15) is 51.0 Å². The van der Waals surface area contributed by atoms with E-state index in [-0.39, 0.29) is 11.4 Å². The molecule has 0 atom stereocenters. The Morgan fingerprint density at radius 3 is 2.47 bits per heavy atom. The predicted molar refractivity (Wildman–Crippen MR) is 69.6 cm³/mol. The van der Waals surface area contributed by atoms with Crippen LogP contribution in [0.5, 0.6) is 0 Å². The molecule has 2 rings (SSSR count). The van der Waals surface area contributed by atoms with Gasteiger partial charge in [0.15, 0.2) is 0 Å². The molecule has 1 aliphatic carbocycles. The minimum atomic E-state index is -0.0898. The molecule has 2 heteroatoms. The van der Waals surface area contributed by atoms with Crippen LogP contribution in [0.15, 0.2) is 30.3 Å². The molecule has 1 aromatic carbocycles. The zero-order valence-corrected chi connectivity index (χ0v) is 10.5. The number of hydrogen-bond acceptors (Lipinski definition) is 1. The lowest BCUT2D eigenvalue weighted by atomic mass is 9.88. The van der Waals surface area contributed by atoms with Crippen molar-refractivity contribution in [2.45, 2.75) is 51.0 Å². The van der Waals surface area contributed by atoms with E-state index in [1.54, 1.807) is 0 Å². The first-order valence-electron chi connectivity index (χ1n) is 6.63. The van der Waals surface area contributed by atoms with E-state index in [1.165, 1.54) is 18.4 Å². The van der Waals surface area contributed by atoms with Gasteiger partial charge in [-0.1, -0.05) is 50.1 Å². The largest absolute Gasteiger partial charge is 0.347 e. The third-order valence-corrected chi connectivity index (χ3v) is 3.64. The van der Waals surface area contributed by atoms with Crippen molar-refractivity contribution in [2.75, 3.05) is 0 Å². The molecule has 1 amide bonds. The topological polar surface area (TPSA) is 29.1 Å². The van der Waals surface area contributed by atoms with E-state index in [9.17, 15) is 4.79 Å². The summed E-state index contributed by atoms with van der Waals surface area (Å²) in [4.78, 5) is 11.9. The Kier molecular flexibility index (Phi) is 3.82. The summed E-state index contributed by atoms with van der Waals surface area (Å²) in [5.74, 6) is 0.193. The normalized spacial score (nSPS) is 17.9. The fraction of sp³-hybridized carbons (Fsp3) is 0.533. The molecule has 0 heterocycles. The number of hydrogen-bond donors (Lipinski definition) is 1. The Hall–Kier alpha value is -1.31. The molecule has 0 saturated heterocycles. The van der Waals surface area contributed by atoms with Crippen molar-refractivity contribution in [1.82, 2.24) is 5.32 Å². The molecule has 0 unspecified atom stereocenters. The minimum absolute atomic E-state index is 0.0898. The highest BCUT2D eigenvalue weighted by Gasteiger charge is 2.36. The summed E-state index contributed by atoms with van der Waals surface area (Å²) in [5.41, 5.74) is 1.18. The highest BCUT2D eigenvalue weighted by atomic mass is 16.1. The van der Waals surface area contributed by atoms with Crippen molar-refractivity contribution in [3.63, 3.8) is 0 Å². The van der Waals surface area contributed by atoms with Crippen molar-refractivity contribution in [3.8, 4) is 0 Å². The van der Waals surface area contributed by atoms with Crippen molar-refractivity contribution >= 4 is 5.91 Å². The molecule has 1 fully saturated rings. The molecule has 17 heavy (non-hydrogen) atoms. The molecule has 1 N–H and O–H groups in total. The van der Waals surface area contributed by atoms with E-state index in [4.69, 9.17) is 0 Å². The molecule has 92 valence electrons. The van der Waals surface area contributed by atoms with Gasteiger partial charge in [-0.2, -0.15) is 0 Å². The van der Waals surface area contributed by atoms with Crippen LogP contribution in [-0.4, -0.2) is 5.91 Å². The fourth-order valence-corrected chi connectivity index (χ4v) is 2.78. The van der Waals surface area contributed by atoms with Gasteiger partial charge in [0.05, 0.1) is 5.54 Å².